The lowest BCUT2D eigenvalue weighted by molar-refractivity contribution is 0.301. The van der Waals surface area contributed by atoms with Gasteiger partial charge in [0, 0.05) is 35.4 Å². The van der Waals surface area contributed by atoms with Crippen molar-refractivity contribution in [3.8, 4) is 16.9 Å². The Morgan fingerprint density at radius 2 is 1.92 bits per heavy atom. The van der Waals surface area contributed by atoms with E-state index >= 15 is 0 Å². The molecule has 6 heteroatoms. The molecule has 0 unspecified atom stereocenters. The number of anilines is 1. The molecule has 2 aromatic carbocycles. The average Bonchev–Trinajstić information content (AvgIpc) is 3.03. The molecule has 0 amide bonds. The van der Waals surface area contributed by atoms with Gasteiger partial charge >= 0.3 is 0 Å². The largest absolute Gasteiger partial charge is 0.487 e. The summed E-state index contributed by atoms with van der Waals surface area (Å²) in [5.41, 5.74) is 10.5. The highest BCUT2D eigenvalue weighted by molar-refractivity contribution is 5.76. The van der Waals surface area contributed by atoms with E-state index in [1.165, 1.54) is 12.1 Å². The number of nitrogens with two attached hydrogens (primary N) is 1. The molecule has 5 nitrogen and oxygen atoms in total. The fourth-order valence-corrected chi connectivity index (χ4v) is 2.78. The highest BCUT2D eigenvalue weighted by Gasteiger charge is 2.08. The molecule has 26 heavy (non-hydrogen) atoms. The zero-order valence-corrected chi connectivity index (χ0v) is 14.2. The molecule has 0 bridgehead atoms. The van der Waals surface area contributed by atoms with Gasteiger partial charge in [-0.15, -0.1) is 0 Å². The van der Waals surface area contributed by atoms with E-state index in [-0.39, 0.29) is 12.4 Å². The van der Waals surface area contributed by atoms with Gasteiger partial charge in [0.2, 0.25) is 5.78 Å². The van der Waals surface area contributed by atoms with Crippen LogP contribution in [0.25, 0.3) is 16.9 Å². The predicted octanol–water partition coefficient (Wildman–Crippen LogP) is 4.01. The van der Waals surface area contributed by atoms with Crippen molar-refractivity contribution < 1.29 is 9.13 Å². The van der Waals surface area contributed by atoms with Crippen molar-refractivity contribution in [2.45, 2.75) is 13.5 Å². The number of ether oxygens (including phenoxy) is 1. The first-order chi connectivity index (χ1) is 12.6. The lowest BCUT2D eigenvalue weighted by Gasteiger charge is -2.06. The molecular weight excluding hydrogens is 331 g/mol. The van der Waals surface area contributed by atoms with Gasteiger partial charge in [-0.25, -0.2) is 14.4 Å². The molecule has 0 spiro atoms. The van der Waals surface area contributed by atoms with E-state index in [1.807, 2.05) is 41.9 Å². The van der Waals surface area contributed by atoms with Crippen molar-refractivity contribution in [1.29, 1.82) is 0 Å². The van der Waals surface area contributed by atoms with Gasteiger partial charge in [0.1, 0.15) is 18.2 Å². The van der Waals surface area contributed by atoms with Crippen LogP contribution in [0.1, 0.15) is 11.3 Å². The molecule has 0 aliphatic carbocycles. The molecule has 2 heterocycles. The van der Waals surface area contributed by atoms with Crippen LogP contribution in [0.4, 0.5) is 10.1 Å². The number of hydrogen-bond acceptors (Lipinski definition) is 4. The second-order valence-electron chi connectivity index (χ2n) is 6.12. The Hall–Kier alpha value is -3.41. The number of aromatic nitrogens is 3. The minimum Gasteiger partial charge on any atom is -0.487 e. The molecule has 0 aliphatic heterocycles. The average molecular weight is 348 g/mol. The van der Waals surface area contributed by atoms with Crippen LogP contribution in [-0.4, -0.2) is 14.4 Å². The van der Waals surface area contributed by atoms with Gasteiger partial charge in [-0.05, 0) is 42.8 Å². The minimum atomic E-state index is -0.294. The van der Waals surface area contributed by atoms with Crippen molar-refractivity contribution in [3.63, 3.8) is 0 Å². The first-order valence-corrected chi connectivity index (χ1v) is 8.17. The maximum Gasteiger partial charge on any atom is 0.234 e. The molecule has 0 radical (unpaired) electrons. The van der Waals surface area contributed by atoms with Crippen molar-refractivity contribution >= 4 is 11.5 Å². The van der Waals surface area contributed by atoms with Gasteiger partial charge in [0.05, 0.1) is 5.69 Å². The van der Waals surface area contributed by atoms with E-state index in [0.29, 0.717) is 17.2 Å². The third kappa shape index (κ3) is 3.21. The number of benzene rings is 2. The molecule has 130 valence electrons. The Labute approximate surface area is 149 Å². The Bertz CT molecular complexity index is 1070. The number of aryl methyl sites for hydroxylation is 1. The summed E-state index contributed by atoms with van der Waals surface area (Å²) >= 11 is 0. The van der Waals surface area contributed by atoms with Crippen LogP contribution in [0, 0.1) is 12.7 Å². The molecule has 2 aromatic heterocycles. The SMILES string of the molecule is Cc1ccc(-c2cnc3nc(COc4ccc(F)cc4)cn3c2)c(N)c1. The number of imidazole rings is 1. The number of nitrogens with zero attached hydrogens (tertiary/aromatic N) is 3. The summed E-state index contributed by atoms with van der Waals surface area (Å²) < 4.78 is 20.4. The van der Waals surface area contributed by atoms with Crippen LogP contribution in [0.3, 0.4) is 0 Å². The predicted molar refractivity (Wildman–Crippen MR) is 98.3 cm³/mol. The molecule has 4 aromatic rings. The Balaban J connectivity index is 1.58. The summed E-state index contributed by atoms with van der Waals surface area (Å²) in [5.74, 6) is 0.874. The second kappa shape index (κ2) is 6.48. The van der Waals surface area contributed by atoms with Gasteiger partial charge in [-0.1, -0.05) is 12.1 Å². The summed E-state index contributed by atoms with van der Waals surface area (Å²) in [5, 5.41) is 0. The lowest BCUT2D eigenvalue weighted by Crippen LogP contribution is -1.95. The van der Waals surface area contributed by atoms with Gasteiger partial charge in [0.25, 0.3) is 0 Å². The van der Waals surface area contributed by atoms with Gasteiger partial charge in [-0.3, -0.25) is 4.40 Å². The number of fused-ring (bicyclic) bond motifs is 1. The van der Waals surface area contributed by atoms with Crippen LogP contribution in [0.5, 0.6) is 5.75 Å². The van der Waals surface area contributed by atoms with E-state index in [4.69, 9.17) is 10.5 Å². The van der Waals surface area contributed by atoms with Gasteiger partial charge < -0.3 is 10.5 Å². The number of halogens is 1. The van der Waals surface area contributed by atoms with Crippen molar-refractivity contribution in [2.75, 3.05) is 5.73 Å². The highest BCUT2D eigenvalue weighted by Crippen LogP contribution is 2.26. The van der Waals surface area contributed by atoms with Crippen LogP contribution in [-0.2, 0) is 6.61 Å². The number of rotatable bonds is 4. The van der Waals surface area contributed by atoms with E-state index in [9.17, 15) is 4.39 Å². The molecule has 2 N–H and O–H groups in total. The normalized spacial score (nSPS) is 11.0. The quantitative estimate of drug-likeness (QED) is 0.566. The maximum atomic E-state index is 12.9. The molecule has 0 fully saturated rings. The fourth-order valence-electron chi connectivity index (χ4n) is 2.78. The van der Waals surface area contributed by atoms with Crippen molar-refractivity contribution in [2.24, 2.45) is 0 Å². The summed E-state index contributed by atoms with van der Waals surface area (Å²) in [4.78, 5) is 8.84. The van der Waals surface area contributed by atoms with E-state index in [1.54, 1.807) is 18.3 Å². The summed E-state index contributed by atoms with van der Waals surface area (Å²) in [6.45, 7) is 2.28. The van der Waals surface area contributed by atoms with Crippen LogP contribution in [0.2, 0.25) is 0 Å². The maximum absolute atomic E-state index is 12.9. The third-order valence-electron chi connectivity index (χ3n) is 4.08. The van der Waals surface area contributed by atoms with Crippen LogP contribution in [0.15, 0.2) is 61.1 Å². The number of hydrogen-bond donors (Lipinski definition) is 1. The Morgan fingerprint density at radius 1 is 1.12 bits per heavy atom. The van der Waals surface area contributed by atoms with E-state index in [0.717, 1.165) is 22.4 Å². The Kier molecular flexibility index (Phi) is 4.01. The first-order valence-electron chi connectivity index (χ1n) is 8.17. The molecule has 0 saturated heterocycles. The molecule has 0 atom stereocenters. The van der Waals surface area contributed by atoms with Crippen LogP contribution < -0.4 is 10.5 Å². The number of nitrogen functional groups attached to an aromatic ring is 1. The van der Waals surface area contributed by atoms with Gasteiger partial charge in [0.15, 0.2) is 0 Å². The van der Waals surface area contributed by atoms with E-state index < -0.39 is 0 Å². The topological polar surface area (TPSA) is 65.4 Å². The monoisotopic (exact) mass is 348 g/mol. The van der Waals surface area contributed by atoms with Crippen molar-refractivity contribution in [1.82, 2.24) is 14.4 Å². The third-order valence-corrected chi connectivity index (χ3v) is 4.08. The fraction of sp³-hybridized carbons (Fsp3) is 0.100. The summed E-state index contributed by atoms with van der Waals surface area (Å²) in [7, 11) is 0. The minimum absolute atomic E-state index is 0.275. The lowest BCUT2D eigenvalue weighted by atomic mass is 10.1. The first kappa shape index (κ1) is 16.1. The summed E-state index contributed by atoms with van der Waals surface area (Å²) in [6, 6.07) is 11.8. The van der Waals surface area contributed by atoms with Crippen LogP contribution >= 0.6 is 0 Å². The molecule has 4 rings (SSSR count). The second-order valence-corrected chi connectivity index (χ2v) is 6.12. The molecule has 0 aliphatic rings. The smallest absolute Gasteiger partial charge is 0.234 e. The Morgan fingerprint density at radius 3 is 2.69 bits per heavy atom. The van der Waals surface area contributed by atoms with Gasteiger partial charge in [-0.2, -0.15) is 0 Å². The standard InChI is InChI=1S/C20H17FN4O/c1-13-2-7-18(19(22)8-13)14-9-23-20-24-16(11-25(20)10-14)12-26-17-5-3-15(21)4-6-17/h2-11H,12,22H2,1H3. The highest BCUT2D eigenvalue weighted by atomic mass is 19.1. The zero-order valence-electron chi connectivity index (χ0n) is 14.2. The summed E-state index contributed by atoms with van der Waals surface area (Å²) in [6.07, 6.45) is 5.56. The zero-order chi connectivity index (χ0) is 18.1. The molecule has 0 saturated carbocycles. The molecular formula is C20H17FN4O. The van der Waals surface area contributed by atoms with Crippen molar-refractivity contribution in [3.05, 3.63) is 78.1 Å². The van der Waals surface area contributed by atoms with E-state index in [2.05, 4.69) is 9.97 Å².